The topological polar surface area (TPSA) is 18.5 Å². The Balaban J connectivity index is 1.97. The van der Waals surface area contributed by atoms with Crippen molar-refractivity contribution in [2.75, 3.05) is 39.6 Å². The van der Waals surface area contributed by atoms with Gasteiger partial charge in [-0.05, 0) is 49.5 Å². The predicted octanol–water partition coefficient (Wildman–Crippen LogP) is 3.80. The number of benzene rings is 2. The molecule has 2 rings (SSSR count). The summed E-state index contributed by atoms with van der Waals surface area (Å²) in [6.45, 7) is 1.74. The van der Waals surface area contributed by atoms with Crippen LogP contribution in [0.1, 0.15) is 17.2 Å². The van der Waals surface area contributed by atoms with Crippen LogP contribution in [0.4, 0.5) is 5.69 Å². The first-order valence-electron chi connectivity index (χ1n) is 7.86. The van der Waals surface area contributed by atoms with Crippen molar-refractivity contribution in [3.8, 4) is 0 Å². The minimum Gasteiger partial charge on any atom is -0.378 e. The molecule has 0 fully saturated rings. The maximum absolute atomic E-state index is 5.92. The lowest BCUT2D eigenvalue weighted by Gasteiger charge is -2.26. The monoisotopic (exact) mass is 331 g/mol. The van der Waals surface area contributed by atoms with E-state index in [1.54, 1.807) is 0 Å². The van der Waals surface area contributed by atoms with Gasteiger partial charge in [-0.25, -0.2) is 0 Å². The van der Waals surface area contributed by atoms with Gasteiger partial charge in [-0.15, -0.1) is 0 Å². The van der Waals surface area contributed by atoms with Crippen LogP contribution in [0.25, 0.3) is 0 Å². The van der Waals surface area contributed by atoms with E-state index in [0.717, 1.165) is 18.1 Å². The van der Waals surface area contributed by atoms with Crippen LogP contribution in [0.15, 0.2) is 48.5 Å². The van der Waals surface area contributed by atoms with Gasteiger partial charge in [-0.2, -0.15) is 0 Å². The highest BCUT2D eigenvalue weighted by molar-refractivity contribution is 6.30. The summed E-state index contributed by atoms with van der Waals surface area (Å²) in [6.07, 6.45) is 0. The van der Waals surface area contributed by atoms with Crippen LogP contribution in [0, 0.1) is 0 Å². The van der Waals surface area contributed by atoms with Gasteiger partial charge >= 0.3 is 0 Å². The summed E-state index contributed by atoms with van der Waals surface area (Å²) in [6, 6.07) is 17.1. The Morgan fingerprint density at radius 2 is 1.52 bits per heavy atom. The summed E-state index contributed by atoms with van der Waals surface area (Å²) in [4.78, 5) is 4.37. The van der Waals surface area contributed by atoms with E-state index in [0.29, 0.717) is 6.04 Å². The standard InChI is InChI=1S/C19H26ClN3/c1-22(2)18-11-7-16(8-12-18)19(23(3)4)14-21-13-15-5-9-17(20)10-6-15/h5-12,19,21H,13-14H2,1-4H3. The fourth-order valence-corrected chi connectivity index (χ4v) is 2.67. The van der Waals surface area contributed by atoms with Gasteiger partial charge in [0.25, 0.3) is 0 Å². The van der Waals surface area contributed by atoms with Crippen LogP contribution >= 0.6 is 11.6 Å². The van der Waals surface area contributed by atoms with Gasteiger partial charge in [0.05, 0.1) is 0 Å². The number of nitrogens with zero attached hydrogens (tertiary/aromatic N) is 2. The maximum atomic E-state index is 5.92. The summed E-state index contributed by atoms with van der Waals surface area (Å²) in [5, 5.41) is 4.32. The Bertz CT molecular complexity index is 591. The Kier molecular flexibility index (Phi) is 6.46. The molecule has 0 spiro atoms. The molecule has 1 unspecified atom stereocenters. The lowest BCUT2D eigenvalue weighted by atomic mass is 10.1. The van der Waals surface area contributed by atoms with Crippen molar-refractivity contribution in [3.05, 3.63) is 64.7 Å². The quantitative estimate of drug-likeness (QED) is 0.832. The second-order valence-electron chi connectivity index (χ2n) is 6.22. The molecular weight excluding hydrogens is 306 g/mol. The molecule has 0 aliphatic heterocycles. The SMILES string of the molecule is CN(C)c1ccc(C(CNCc2ccc(Cl)cc2)N(C)C)cc1. The summed E-state index contributed by atoms with van der Waals surface area (Å²) in [5.41, 5.74) is 3.79. The van der Waals surface area contributed by atoms with Gasteiger partial charge in [-0.1, -0.05) is 35.9 Å². The molecule has 0 bridgehead atoms. The molecule has 2 aromatic carbocycles. The van der Waals surface area contributed by atoms with Gasteiger partial charge in [-0.3, -0.25) is 0 Å². The molecule has 23 heavy (non-hydrogen) atoms. The highest BCUT2D eigenvalue weighted by Gasteiger charge is 2.13. The molecule has 0 saturated heterocycles. The molecule has 0 aromatic heterocycles. The number of halogens is 1. The van der Waals surface area contributed by atoms with Gasteiger partial charge < -0.3 is 15.1 Å². The van der Waals surface area contributed by atoms with Crippen LogP contribution in [0.3, 0.4) is 0 Å². The number of anilines is 1. The van der Waals surface area contributed by atoms with Gasteiger partial charge in [0.2, 0.25) is 0 Å². The van der Waals surface area contributed by atoms with Crippen molar-refractivity contribution in [2.24, 2.45) is 0 Å². The van der Waals surface area contributed by atoms with E-state index in [1.807, 2.05) is 12.1 Å². The second-order valence-corrected chi connectivity index (χ2v) is 6.66. The zero-order chi connectivity index (χ0) is 16.8. The number of nitrogens with one attached hydrogen (secondary N) is 1. The van der Waals surface area contributed by atoms with Crippen molar-refractivity contribution in [1.82, 2.24) is 10.2 Å². The van der Waals surface area contributed by atoms with E-state index in [1.165, 1.54) is 16.8 Å². The Hall–Kier alpha value is -1.55. The number of hydrogen-bond acceptors (Lipinski definition) is 3. The molecule has 124 valence electrons. The summed E-state index contributed by atoms with van der Waals surface area (Å²) in [7, 11) is 8.36. The minimum absolute atomic E-state index is 0.346. The molecule has 0 saturated carbocycles. The molecular formula is C19H26ClN3. The largest absolute Gasteiger partial charge is 0.378 e. The van der Waals surface area contributed by atoms with Crippen molar-refractivity contribution in [2.45, 2.75) is 12.6 Å². The second kappa shape index (κ2) is 8.34. The molecule has 2 aromatic rings. The third kappa shape index (κ3) is 5.24. The lowest BCUT2D eigenvalue weighted by Crippen LogP contribution is -2.30. The fourth-order valence-electron chi connectivity index (χ4n) is 2.55. The number of hydrogen-bond donors (Lipinski definition) is 1. The van der Waals surface area contributed by atoms with Crippen LogP contribution in [0.2, 0.25) is 5.02 Å². The molecule has 0 aliphatic carbocycles. The van der Waals surface area contributed by atoms with E-state index < -0.39 is 0 Å². The van der Waals surface area contributed by atoms with Crippen molar-refractivity contribution in [1.29, 1.82) is 0 Å². The fraction of sp³-hybridized carbons (Fsp3) is 0.368. The molecule has 0 radical (unpaired) electrons. The third-order valence-corrected chi connectivity index (χ3v) is 4.25. The van der Waals surface area contributed by atoms with E-state index in [-0.39, 0.29) is 0 Å². The average Bonchev–Trinajstić information content (AvgIpc) is 2.53. The minimum atomic E-state index is 0.346. The normalized spacial score (nSPS) is 12.4. The Morgan fingerprint density at radius 1 is 0.913 bits per heavy atom. The lowest BCUT2D eigenvalue weighted by molar-refractivity contribution is 0.288. The summed E-state index contributed by atoms with van der Waals surface area (Å²) >= 11 is 5.92. The maximum Gasteiger partial charge on any atom is 0.0466 e. The molecule has 0 amide bonds. The molecule has 0 aliphatic rings. The van der Waals surface area contributed by atoms with Crippen molar-refractivity contribution < 1.29 is 0 Å². The highest BCUT2D eigenvalue weighted by Crippen LogP contribution is 2.21. The molecule has 1 atom stereocenters. The van der Waals surface area contributed by atoms with E-state index in [9.17, 15) is 0 Å². The van der Waals surface area contributed by atoms with E-state index in [4.69, 9.17) is 11.6 Å². The highest BCUT2D eigenvalue weighted by atomic mass is 35.5. The summed E-state index contributed by atoms with van der Waals surface area (Å²) in [5.74, 6) is 0. The first-order valence-corrected chi connectivity index (χ1v) is 8.24. The molecule has 4 heteroatoms. The van der Waals surface area contributed by atoms with Crippen LogP contribution in [-0.2, 0) is 6.54 Å². The Morgan fingerprint density at radius 3 is 2.04 bits per heavy atom. The van der Waals surface area contributed by atoms with Gasteiger partial charge in [0, 0.05) is 43.9 Å². The van der Waals surface area contributed by atoms with Crippen molar-refractivity contribution >= 4 is 17.3 Å². The molecule has 3 nitrogen and oxygen atoms in total. The van der Waals surface area contributed by atoms with Crippen LogP contribution < -0.4 is 10.2 Å². The summed E-state index contributed by atoms with van der Waals surface area (Å²) < 4.78 is 0. The van der Waals surface area contributed by atoms with Crippen LogP contribution in [0.5, 0.6) is 0 Å². The van der Waals surface area contributed by atoms with Crippen LogP contribution in [-0.4, -0.2) is 39.6 Å². The van der Waals surface area contributed by atoms with Gasteiger partial charge in [0.15, 0.2) is 0 Å². The first-order chi connectivity index (χ1) is 11.0. The Labute approximate surface area is 144 Å². The smallest absolute Gasteiger partial charge is 0.0466 e. The first kappa shape index (κ1) is 17.8. The van der Waals surface area contributed by atoms with Crippen molar-refractivity contribution in [3.63, 3.8) is 0 Å². The zero-order valence-corrected chi connectivity index (χ0v) is 15.1. The van der Waals surface area contributed by atoms with E-state index in [2.05, 4.69) is 79.7 Å². The van der Waals surface area contributed by atoms with Gasteiger partial charge in [0.1, 0.15) is 0 Å². The average molecular weight is 332 g/mol. The number of likely N-dealkylation sites (N-methyl/N-ethyl adjacent to an activating group) is 1. The third-order valence-electron chi connectivity index (χ3n) is 4.00. The predicted molar refractivity (Wildman–Crippen MR) is 100 cm³/mol. The molecule has 0 heterocycles. The zero-order valence-electron chi connectivity index (χ0n) is 14.4. The number of rotatable bonds is 7. The van der Waals surface area contributed by atoms with E-state index >= 15 is 0 Å². The molecule has 1 N–H and O–H groups in total.